The first kappa shape index (κ1) is 26.2. The summed E-state index contributed by atoms with van der Waals surface area (Å²) in [5.74, 6) is 0.152. The second-order valence-corrected chi connectivity index (χ2v) is 9.46. The van der Waals surface area contributed by atoms with Crippen molar-refractivity contribution in [3.8, 4) is 5.75 Å². The Kier molecular flexibility index (Phi) is 8.74. The fraction of sp³-hybridized carbons (Fsp3) is 0.345. The minimum Gasteiger partial charge on any atom is -0.493 e. The number of likely N-dealkylation sites (tertiary alicyclic amines) is 1. The molecule has 3 aromatic rings. The normalized spacial score (nSPS) is 17.9. The topological polar surface area (TPSA) is 128 Å². The lowest BCUT2D eigenvalue weighted by atomic mass is 9.88. The van der Waals surface area contributed by atoms with E-state index in [1.165, 1.54) is 0 Å². The highest BCUT2D eigenvalue weighted by molar-refractivity contribution is 5.95. The number of primary amides is 1. The van der Waals surface area contributed by atoms with Crippen LogP contribution in [0.25, 0.3) is 10.8 Å². The Balaban J connectivity index is 1.33. The van der Waals surface area contributed by atoms with E-state index in [4.69, 9.17) is 16.2 Å². The average molecular weight is 503 g/mol. The van der Waals surface area contributed by atoms with E-state index in [0.29, 0.717) is 31.0 Å². The summed E-state index contributed by atoms with van der Waals surface area (Å²) in [7, 11) is 0. The molecule has 37 heavy (non-hydrogen) atoms. The van der Waals surface area contributed by atoms with Gasteiger partial charge < -0.3 is 21.1 Å². The number of fused-ring (bicyclic) bond motifs is 1. The second-order valence-electron chi connectivity index (χ2n) is 9.46. The SMILES string of the molecule is NC(=O)NC(=O)Cc1cc2ccccc2cc1OCCCCN1CCC[C@@H](c2ccccc2)[C@@H](N)C1=O. The molecule has 5 N–H and O–H groups in total. The molecule has 0 radical (unpaired) electrons. The molecule has 0 unspecified atom stereocenters. The van der Waals surface area contributed by atoms with Crippen LogP contribution >= 0.6 is 0 Å². The van der Waals surface area contributed by atoms with Crippen LogP contribution in [0.3, 0.4) is 0 Å². The standard InChI is InChI=1S/C29H34N4O4/c30-27-24(20-9-2-1-3-10-20)13-8-15-33(28(27)35)14-6-7-16-37-25-18-22-12-5-4-11-21(22)17-23(25)19-26(34)32-29(31)36/h1-5,9-12,17-18,24,27H,6-8,13-16,19,30H2,(H3,31,32,34,36)/t24-,27+/m0/s1. The Hall–Kier alpha value is -3.91. The lowest BCUT2D eigenvalue weighted by Gasteiger charge is -2.25. The van der Waals surface area contributed by atoms with Crippen molar-refractivity contribution in [3.05, 3.63) is 77.9 Å². The molecule has 8 nitrogen and oxygen atoms in total. The number of imide groups is 1. The van der Waals surface area contributed by atoms with Crippen LogP contribution < -0.4 is 21.5 Å². The molecule has 194 valence electrons. The largest absolute Gasteiger partial charge is 0.493 e. The van der Waals surface area contributed by atoms with Crippen molar-refractivity contribution in [3.63, 3.8) is 0 Å². The molecule has 4 rings (SSSR count). The van der Waals surface area contributed by atoms with Gasteiger partial charge in [-0.3, -0.25) is 14.9 Å². The van der Waals surface area contributed by atoms with Crippen LogP contribution in [0.15, 0.2) is 66.7 Å². The number of carbonyl (C=O) groups excluding carboxylic acids is 3. The number of nitrogens with zero attached hydrogens (tertiary/aromatic N) is 1. The third kappa shape index (κ3) is 6.86. The summed E-state index contributed by atoms with van der Waals surface area (Å²) in [4.78, 5) is 38.1. The number of hydrogen-bond donors (Lipinski definition) is 3. The third-order valence-electron chi connectivity index (χ3n) is 6.82. The number of nitrogens with two attached hydrogens (primary N) is 2. The Morgan fingerprint density at radius 1 is 1.00 bits per heavy atom. The summed E-state index contributed by atoms with van der Waals surface area (Å²) in [5, 5.41) is 4.07. The van der Waals surface area contributed by atoms with E-state index in [1.807, 2.05) is 71.6 Å². The summed E-state index contributed by atoms with van der Waals surface area (Å²) in [5.41, 5.74) is 13.3. The molecule has 0 aliphatic carbocycles. The van der Waals surface area contributed by atoms with Gasteiger partial charge in [0, 0.05) is 24.6 Å². The van der Waals surface area contributed by atoms with Crippen LogP contribution in [-0.2, 0) is 16.0 Å². The molecule has 1 aliphatic rings. The first-order chi connectivity index (χ1) is 17.9. The molecule has 1 aliphatic heterocycles. The van der Waals surface area contributed by atoms with Crippen LogP contribution in [0.1, 0.15) is 42.7 Å². The number of rotatable bonds is 9. The number of benzene rings is 3. The zero-order valence-electron chi connectivity index (χ0n) is 20.9. The van der Waals surface area contributed by atoms with E-state index in [-0.39, 0.29) is 18.2 Å². The maximum atomic E-state index is 13.1. The number of urea groups is 1. The van der Waals surface area contributed by atoms with E-state index in [9.17, 15) is 14.4 Å². The zero-order chi connectivity index (χ0) is 26.2. The first-order valence-corrected chi connectivity index (χ1v) is 12.8. The van der Waals surface area contributed by atoms with Crippen molar-refractivity contribution in [1.82, 2.24) is 10.2 Å². The van der Waals surface area contributed by atoms with Crippen LogP contribution in [0.4, 0.5) is 4.79 Å². The predicted molar refractivity (Wildman–Crippen MR) is 143 cm³/mol. The van der Waals surface area contributed by atoms with Crippen LogP contribution in [0, 0.1) is 0 Å². The molecule has 8 heteroatoms. The maximum Gasteiger partial charge on any atom is 0.318 e. The molecule has 0 bridgehead atoms. The van der Waals surface area contributed by atoms with Gasteiger partial charge in [-0.15, -0.1) is 0 Å². The molecule has 2 atom stereocenters. The van der Waals surface area contributed by atoms with Gasteiger partial charge in [-0.05, 0) is 54.2 Å². The van der Waals surface area contributed by atoms with Crippen LogP contribution in [0.2, 0.25) is 0 Å². The van der Waals surface area contributed by atoms with Gasteiger partial charge in [0.05, 0.1) is 19.1 Å². The molecule has 3 aromatic carbocycles. The molecule has 0 spiro atoms. The van der Waals surface area contributed by atoms with Gasteiger partial charge in [-0.2, -0.15) is 0 Å². The molecule has 4 amide bonds. The van der Waals surface area contributed by atoms with E-state index in [2.05, 4.69) is 5.32 Å². The van der Waals surface area contributed by atoms with E-state index in [1.54, 1.807) is 0 Å². The molecule has 0 saturated carbocycles. The minimum absolute atomic E-state index is 0.00421. The third-order valence-corrected chi connectivity index (χ3v) is 6.82. The quantitative estimate of drug-likeness (QED) is 0.386. The van der Waals surface area contributed by atoms with Crippen molar-refractivity contribution in [2.75, 3.05) is 19.7 Å². The van der Waals surface area contributed by atoms with Gasteiger partial charge in [0.2, 0.25) is 11.8 Å². The van der Waals surface area contributed by atoms with Gasteiger partial charge in [0.25, 0.3) is 0 Å². The van der Waals surface area contributed by atoms with Gasteiger partial charge in [-0.1, -0.05) is 54.6 Å². The minimum atomic E-state index is -0.883. The van der Waals surface area contributed by atoms with Crippen molar-refractivity contribution < 1.29 is 19.1 Å². The number of unbranched alkanes of at least 4 members (excludes halogenated alkanes) is 1. The number of nitrogens with one attached hydrogen (secondary N) is 1. The monoisotopic (exact) mass is 502 g/mol. The lowest BCUT2D eigenvalue weighted by Crippen LogP contribution is -2.45. The number of ether oxygens (including phenoxy) is 1. The van der Waals surface area contributed by atoms with Crippen molar-refractivity contribution in [2.45, 2.75) is 44.1 Å². The summed E-state index contributed by atoms with van der Waals surface area (Å²) in [6.45, 7) is 1.77. The molecule has 0 aromatic heterocycles. The summed E-state index contributed by atoms with van der Waals surface area (Å²) in [6.07, 6.45) is 3.31. The number of carbonyl (C=O) groups is 3. The van der Waals surface area contributed by atoms with E-state index in [0.717, 1.165) is 42.0 Å². The average Bonchev–Trinajstić information content (AvgIpc) is 3.02. The van der Waals surface area contributed by atoms with Crippen molar-refractivity contribution >= 4 is 28.6 Å². The lowest BCUT2D eigenvalue weighted by molar-refractivity contribution is -0.132. The molecule has 1 heterocycles. The molecule has 1 saturated heterocycles. The number of amides is 4. The Labute approximate surface area is 216 Å². The maximum absolute atomic E-state index is 13.1. The van der Waals surface area contributed by atoms with E-state index < -0.39 is 18.0 Å². The van der Waals surface area contributed by atoms with Crippen LogP contribution in [-0.4, -0.2) is 48.5 Å². The molecular weight excluding hydrogens is 468 g/mol. The predicted octanol–water partition coefficient (Wildman–Crippen LogP) is 3.47. The van der Waals surface area contributed by atoms with Gasteiger partial charge in [0.1, 0.15) is 5.75 Å². The summed E-state index contributed by atoms with van der Waals surface area (Å²) in [6, 6.07) is 20.2. The van der Waals surface area contributed by atoms with Gasteiger partial charge in [0.15, 0.2) is 0 Å². The fourth-order valence-corrected chi connectivity index (χ4v) is 4.95. The van der Waals surface area contributed by atoms with E-state index >= 15 is 0 Å². The Bertz CT molecular complexity index is 1250. The first-order valence-electron chi connectivity index (χ1n) is 12.8. The Morgan fingerprint density at radius 3 is 2.43 bits per heavy atom. The van der Waals surface area contributed by atoms with Crippen LogP contribution in [0.5, 0.6) is 5.75 Å². The highest BCUT2D eigenvalue weighted by atomic mass is 16.5. The summed E-state index contributed by atoms with van der Waals surface area (Å²) >= 11 is 0. The zero-order valence-corrected chi connectivity index (χ0v) is 20.9. The second kappa shape index (κ2) is 12.4. The fourth-order valence-electron chi connectivity index (χ4n) is 4.95. The van der Waals surface area contributed by atoms with Crippen molar-refractivity contribution in [2.24, 2.45) is 11.5 Å². The smallest absolute Gasteiger partial charge is 0.318 e. The highest BCUT2D eigenvalue weighted by Gasteiger charge is 2.32. The number of hydrogen-bond acceptors (Lipinski definition) is 5. The molecular formula is C29H34N4O4. The summed E-state index contributed by atoms with van der Waals surface area (Å²) < 4.78 is 6.06. The highest BCUT2D eigenvalue weighted by Crippen LogP contribution is 2.29. The Morgan fingerprint density at radius 2 is 1.70 bits per heavy atom. The van der Waals surface area contributed by atoms with Gasteiger partial charge in [-0.25, -0.2) is 4.79 Å². The molecule has 1 fully saturated rings. The van der Waals surface area contributed by atoms with Gasteiger partial charge >= 0.3 is 6.03 Å². The van der Waals surface area contributed by atoms with Crippen molar-refractivity contribution in [1.29, 1.82) is 0 Å².